The Morgan fingerprint density at radius 1 is 1.39 bits per heavy atom. The lowest BCUT2D eigenvalue weighted by Gasteiger charge is -2.27. The van der Waals surface area contributed by atoms with Crippen molar-refractivity contribution in [2.24, 2.45) is 5.73 Å². The summed E-state index contributed by atoms with van der Waals surface area (Å²) in [5.41, 5.74) is 5.66. The quantitative estimate of drug-likeness (QED) is 0.336. The molecule has 0 aliphatic carbocycles. The summed E-state index contributed by atoms with van der Waals surface area (Å²) < 4.78 is 0. The number of nitrogens with two attached hydrogens (primary N) is 1. The van der Waals surface area contributed by atoms with Crippen LogP contribution < -0.4 is 16.4 Å². The summed E-state index contributed by atoms with van der Waals surface area (Å²) in [5, 5.41) is 13.2. The first kappa shape index (κ1) is 19.2. The number of carboxylic acid groups (broad SMARTS) is 1. The van der Waals surface area contributed by atoms with E-state index in [1.165, 1.54) is 11.8 Å². The molecule has 1 rings (SSSR count). The molecule has 0 aromatic rings. The van der Waals surface area contributed by atoms with E-state index in [-0.39, 0.29) is 11.7 Å². The largest absolute Gasteiger partial charge is 0.480 e. The van der Waals surface area contributed by atoms with Gasteiger partial charge < -0.3 is 26.4 Å². The zero-order chi connectivity index (χ0) is 17.6. The Morgan fingerprint density at radius 2 is 2.04 bits per heavy atom. The number of nitrogens with one attached hydrogen (secondary N) is 2. The highest BCUT2D eigenvalue weighted by Gasteiger charge is 2.36. The van der Waals surface area contributed by atoms with Gasteiger partial charge in [0.25, 0.3) is 0 Å². The monoisotopic (exact) mass is 346 g/mol. The highest BCUT2D eigenvalue weighted by molar-refractivity contribution is 7.80. The summed E-state index contributed by atoms with van der Waals surface area (Å²) >= 11 is 3.98. The molecular weight excluding hydrogens is 324 g/mol. The first-order chi connectivity index (χ1) is 10.8. The molecule has 130 valence electrons. The molecule has 0 saturated carbocycles. The minimum Gasteiger partial charge on any atom is -0.480 e. The van der Waals surface area contributed by atoms with E-state index < -0.39 is 42.5 Å². The van der Waals surface area contributed by atoms with E-state index >= 15 is 0 Å². The predicted octanol–water partition coefficient (Wildman–Crippen LogP) is -2.06. The maximum Gasteiger partial charge on any atom is 0.322 e. The van der Waals surface area contributed by atoms with E-state index in [0.717, 1.165) is 0 Å². The third-order valence-corrected chi connectivity index (χ3v) is 3.91. The average molecular weight is 346 g/mol. The second-order valence-electron chi connectivity index (χ2n) is 5.32. The topological polar surface area (TPSA) is 142 Å². The number of nitrogens with zero attached hydrogens (tertiary/aromatic N) is 1. The standard InChI is InChI=1S/C13H22N4O5S/c1-7(11(20)15-5-10(18)19)16-12(21)9-3-2-4-17(9)13(22)8(14)6-23/h7-9,23H,2-6,14H2,1H3,(H,15,20)(H,16,21)(H,18,19). The van der Waals surface area contributed by atoms with Crippen molar-refractivity contribution in [1.82, 2.24) is 15.5 Å². The van der Waals surface area contributed by atoms with E-state index in [2.05, 4.69) is 23.3 Å². The van der Waals surface area contributed by atoms with E-state index in [1.807, 2.05) is 0 Å². The molecule has 1 fully saturated rings. The van der Waals surface area contributed by atoms with Crippen LogP contribution in [0.1, 0.15) is 19.8 Å². The molecule has 1 heterocycles. The number of rotatable bonds is 7. The first-order valence-corrected chi connectivity index (χ1v) is 7.88. The van der Waals surface area contributed by atoms with Crippen LogP contribution in [0, 0.1) is 0 Å². The molecule has 3 amide bonds. The van der Waals surface area contributed by atoms with Crippen molar-refractivity contribution in [2.45, 2.75) is 37.9 Å². The molecule has 9 nitrogen and oxygen atoms in total. The number of hydrogen-bond donors (Lipinski definition) is 5. The second kappa shape index (κ2) is 8.73. The average Bonchev–Trinajstić information content (AvgIpc) is 3.00. The highest BCUT2D eigenvalue weighted by Crippen LogP contribution is 2.18. The number of thiol groups is 1. The van der Waals surface area contributed by atoms with Crippen molar-refractivity contribution in [1.29, 1.82) is 0 Å². The van der Waals surface area contributed by atoms with Gasteiger partial charge in [0.15, 0.2) is 0 Å². The predicted molar refractivity (Wildman–Crippen MR) is 84.8 cm³/mol. The lowest BCUT2D eigenvalue weighted by Crippen LogP contribution is -2.55. The van der Waals surface area contributed by atoms with E-state index in [4.69, 9.17) is 10.8 Å². The van der Waals surface area contributed by atoms with Gasteiger partial charge in [0.05, 0.1) is 6.04 Å². The van der Waals surface area contributed by atoms with Crippen LogP contribution in [0.15, 0.2) is 0 Å². The SMILES string of the molecule is CC(NC(=O)C1CCCN1C(=O)C(N)CS)C(=O)NCC(=O)O. The van der Waals surface area contributed by atoms with Gasteiger partial charge in [0.1, 0.15) is 18.6 Å². The van der Waals surface area contributed by atoms with Crippen molar-refractivity contribution in [3.8, 4) is 0 Å². The zero-order valence-electron chi connectivity index (χ0n) is 12.8. The molecule has 0 aromatic carbocycles. The summed E-state index contributed by atoms with van der Waals surface area (Å²) in [5.74, 6) is -2.41. The van der Waals surface area contributed by atoms with Gasteiger partial charge in [-0.05, 0) is 19.8 Å². The maximum atomic E-state index is 12.3. The molecule has 0 bridgehead atoms. The van der Waals surface area contributed by atoms with Gasteiger partial charge in [-0.1, -0.05) is 0 Å². The number of amides is 3. The minimum atomic E-state index is -1.18. The number of likely N-dealkylation sites (tertiary alicyclic amines) is 1. The van der Waals surface area contributed by atoms with Crippen LogP contribution in [0.25, 0.3) is 0 Å². The van der Waals surface area contributed by atoms with Crippen molar-refractivity contribution >= 4 is 36.3 Å². The lowest BCUT2D eigenvalue weighted by atomic mass is 10.1. The highest BCUT2D eigenvalue weighted by atomic mass is 32.1. The van der Waals surface area contributed by atoms with Crippen LogP contribution in [-0.2, 0) is 19.2 Å². The van der Waals surface area contributed by atoms with Crippen molar-refractivity contribution in [3.63, 3.8) is 0 Å². The van der Waals surface area contributed by atoms with Gasteiger partial charge in [-0.25, -0.2) is 0 Å². The fourth-order valence-corrected chi connectivity index (χ4v) is 2.44. The molecule has 3 unspecified atom stereocenters. The second-order valence-corrected chi connectivity index (χ2v) is 5.69. The normalized spacial score (nSPS) is 19.8. The number of carbonyl (C=O) groups excluding carboxylic acids is 3. The lowest BCUT2D eigenvalue weighted by molar-refractivity contribution is -0.140. The minimum absolute atomic E-state index is 0.178. The van der Waals surface area contributed by atoms with E-state index in [9.17, 15) is 19.2 Å². The molecular formula is C13H22N4O5S. The van der Waals surface area contributed by atoms with Gasteiger partial charge in [-0.2, -0.15) is 12.6 Å². The van der Waals surface area contributed by atoms with Crippen molar-refractivity contribution in [2.75, 3.05) is 18.8 Å². The van der Waals surface area contributed by atoms with Crippen molar-refractivity contribution in [3.05, 3.63) is 0 Å². The zero-order valence-corrected chi connectivity index (χ0v) is 13.7. The summed E-state index contributed by atoms with van der Waals surface area (Å²) in [7, 11) is 0. The van der Waals surface area contributed by atoms with Crippen LogP contribution in [0.5, 0.6) is 0 Å². The molecule has 1 aliphatic rings. The van der Waals surface area contributed by atoms with Crippen LogP contribution in [0.3, 0.4) is 0 Å². The third kappa shape index (κ3) is 5.39. The molecule has 1 saturated heterocycles. The molecule has 1 aliphatic heterocycles. The van der Waals surface area contributed by atoms with Crippen molar-refractivity contribution < 1.29 is 24.3 Å². The van der Waals surface area contributed by atoms with Gasteiger partial charge in [-0.3, -0.25) is 19.2 Å². The van der Waals surface area contributed by atoms with Crippen LogP contribution in [0.2, 0.25) is 0 Å². The van der Waals surface area contributed by atoms with Gasteiger partial charge in [-0.15, -0.1) is 0 Å². The van der Waals surface area contributed by atoms with Crippen LogP contribution in [-0.4, -0.2) is 70.7 Å². The van der Waals surface area contributed by atoms with Crippen LogP contribution >= 0.6 is 12.6 Å². The fraction of sp³-hybridized carbons (Fsp3) is 0.692. The van der Waals surface area contributed by atoms with Gasteiger partial charge in [0, 0.05) is 12.3 Å². The summed E-state index contributed by atoms with van der Waals surface area (Å²) in [6.07, 6.45) is 1.16. The number of aliphatic carboxylic acids is 1. The van der Waals surface area contributed by atoms with Crippen LogP contribution in [0.4, 0.5) is 0 Å². The maximum absolute atomic E-state index is 12.3. The van der Waals surface area contributed by atoms with Gasteiger partial charge in [0.2, 0.25) is 17.7 Å². The molecule has 3 atom stereocenters. The Hall–Kier alpha value is -1.81. The Balaban J connectivity index is 2.60. The van der Waals surface area contributed by atoms with Gasteiger partial charge >= 0.3 is 5.97 Å². The summed E-state index contributed by atoms with van der Waals surface area (Å²) in [6.45, 7) is 1.34. The summed E-state index contributed by atoms with van der Waals surface area (Å²) in [4.78, 5) is 47.9. The molecule has 10 heteroatoms. The molecule has 0 spiro atoms. The Kier molecular flexibility index (Phi) is 7.30. The molecule has 23 heavy (non-hydrogen) atoms. The smallest absolute Gasteiger partial charge is 0.322 e. The van der Waals surface area contributed by atoms with E-state index in [0.29, 0.717) is 19.4 Å². The number of carboxylic acids is 1. The molecule has 0 aromatic heterocycles. The number of carbonyl (C=O) groups is 4. The Bertz CT molecular complexity index is 487. The Labute approximate surface area is 139 Å². The summed E-state index contributed by atoms with van der Waals surface area (Å²) in [6, 6.07) is -2.36. The first-order valence-electron chi connectivity index (χ1n) is 7.24. The third-order valence-electron chi connectivity index (χ3n) is 3.52. The Morgan fingerprint density at radius 3 is 2.61 bits per heavy atom. The fourth-order valence-electron chi connectivity index (χ4n) is 2.29. The van der Waals surface area contributed by atoms with E-state index in [1.54, 1.807) is 0 Å². The number of hydrogen-bond acceptors (Lipinski definition) is 6. The molecule has 5 N–H and O–H groups in total. The molecule has 0 radical (unpaired) electrons.